The van der Waals surface area contributed by atoms with Gasteiger partial charge in [-0.05, 0) is 32.9 Å². The van der Waals surface area contributed by atoms with Gasteiger partial charge in [0.2, 0.25) is 0 Å². The number of hydrogen-bond donors (Lipinski definition) is 0. The molecule has 118 valence electrons. The molecule has 0 aromatic heterocycles. The second-order valence-electron chi connectivity index (χ2n) is 4.47. The zero-order valence-electron chi connectivity index (χ0n) is 12.8. The van der Waals surface area contributed by atoms with Crippen molar-refractivity contribution in [2.45, 2.75) is 26.9 Å². The maximum atomic E-state index is 12.0. The van der Waals surface area contributed by atoms with Crippen LogP contribution in [0.3, 0.4) is 0 Å². The number of carbonyl (C=O) groups excluding carboxylic acids is 3. The number of para-hydroxylation sites is 1. The molecule has 6 heteroatoms. The van der Waals surface area contributed by atoms with Gasteiger partial charge in [-0.25, -0.2) is 9.59 Å². The highest BCUT2D eigenvalue weighted by Crippen LogP contribution is 2.30. The predicted molar refractivity (Wildman–Crippen MR) is 79.0 cm³/mol. The van der Waals surface area contributed by atoms with Gasteiger partial charge in [0.05, 0.1) is 12.2 Å². The number of hydrogen-bond acceptors (Lipinski definition) is 6. The molecule has 1 aromatic rings. The summed E-state index contributed by atoms with van der Waals surface area (Å²) < 4.78 is 15.4. The topological polar surface area (TPSA) is 78.9 Å². The summed E-state index contributed by atoms with van der Waals surface area (Å²) in [5, 5.41) is 0. The Labute approximate surface area is 128 Å². The van der Waals surface area contributed by atoms with Crippen LogP contribution < -0.4 is 9.47 Å². The molecule has 1 aromatic carbocycles. The summed E-state index contributed by atoms with van der Waals surface area (Å²) in [6.07, 6.45) is -0.589. The summed E-state index contributed by atoms with van der Waals surface area (Å²) in [4.78, 5) is 34.4. The molecule has 1 rings (SSSR count). The van der Waals surface area contributed by atoms with E-state index >= 15 is 0 Å². The fraction of sp³-hybridized carbons (Fsp3) is 0.312. The van der Waals surface area contributed by atoms with Crippen molar-refractivity contribution in [3.63, 3.8) is 0 Å². The maximum absolute atomic E-state index is 12.0. The van der Waals surface area contributed by atoms with Gasteiger partial charge in [-0.1, -0.05) is 12.6 Å². The molecule has 0 aliphatic heterocycles. The Bertz CT molecular complexity index is 590. The van der Waals surface area contributed by atoms with Gasteiger partial charge in [-0.2, -0.15) is 0 Å². The first-order valence-electron chi connectivity index (χ1n) is 6.69. The fourth-order valence-corrected chi connectivity index (χ4v) is 1.50. The van der Waals surface area contributed by atoms with Crippen LogP contribution in [0.25, 0.3) is 0 Å². The Morgan fingerprint density at radius 3 is 2.59 bits per heavy atom. The van der Waals surface area contributed by atoms with E-state index in [4.69, 9.17) is 14.2 Å². The molecule has 0 amide bonds. The van der Waals surface area contributed by atoms with Gasteiger partial charge >= 0.3 is 11.9 Å². The minimum absolute atomic E-state index is 0.00238. The molecule has 6 nitrogen and oxygen atoms in total. The Kier molecular flexibility index (Phi) is 6.31. The third-order valence-corrected chi connectivity index (χ3v) is 2.60. The lowest BCUT2D eigenvalue weighted by atomic mass is 10.2. The van der Waals surface area contributed by atoms with Gasteiger partial charge < -0.3 is 14.2 Å². The predicted octanol–water partition coefficient (Wildman–Crippen LogP) is 2.31. The van der Waals surface area contributed by atoms with E-state index in [9.17, 15) is 14.4 Å². The molecule has 0 heterocycles. The molecule has 22 heavy (non-hydrogen) atoms. The van der Waals surface area contributed by atoms with Crippen LogP contribution >= 0.6 is 0 Å². The standard InChI is InChI=1S/C16H18O6/c1-5-20-13-8-6-7-12(9-17)14(13)22-16(19)11(4)21-15(18)10(2)3/h6-9,11H,2,5H2,1,3-4H3. The van der Waals surface area contributed by atoms with Gasteiger partial charge in [0.25, 0.3) is 0 Å². The summed E-state index contributed by atoms with van der Waals surface area (Å²) in [6, 6.07) is 4.67. The minimum atomic E-state index is -1.14. The molecule has 0 aliphatic rings. The van der Waals surface area contributed by atoms with Crippen molar-refractivity contribution >= 4 is 18.2 Å². The molecule has 0 bridgehead atoms. The Hall–Kier alpha value is -2.63. The Morgan fingerprint density at radius 2 is 2.05 bits per heavy atom. The zero-order valence-corrected chi connectivity index (χ0v) is 12.8. The highest BCUT2D eigenvalue weighted by molar-refractivity contribution is 5.90. The summed E-state index contributed by atoms with van der Waals surface area (Å²) in [5.41, 5.74) is 0.334. The molecule has 0 N–H and O–H groups in total. The average Bonchev–Trinajstić information content (AvgIpc) is 2.48. The van der Waals surface area contributed by atoms with Gasteiger partial charge in [0.15, 0.2) is 23.9 Å². The highest BCUT2D eigenvalue weighted by Gasteiger charge is 2.23. The number of aldehydes is 1. The van der Waals surface area contributed by atoms with Crippen molar-refractivity contribution in [1.82, 2.24) is 0 Å². The van der Waals surface area contributed by atoms with Crippen LogP contribution in [0.1, 0.15) is 31.1 Å². The molecular formula is C16H18O6. The van der Waals surface area contributed by atoms with Crippen molar-refractivity contribution in [2.24, 2.45) is 0 Å². The van der Waals surface area contributed by atoms with Gasteiger partial charge in [0, 0.05) is 5.57 Å². The average molecular weight is 306 g/mol. The highest BCUT2D eigenvalue weighted by atomic mass is 16.6. The summed E-state index contributed by atoms with van der Waals surface area (Å²) in [7, 11) is 0. The minimum Gasteiger partial charge on any atom is -0.490 e. The molecule has 0 radical (unpaired) electrons. The summed E-state index contributed by atoms with van der Waals surface area (Å²) >= 11 is 0. The summed E-state index contributed by atoms with van der Waals surface area (Å²) in [5.74, 6) is -1.25. The largest absolute Gasteiger partial charge is 0.490 e. The van der Waals surface area contributed by atoms with E-state index in [0.717, 1.165) is 0 Å². The monoisotopic (exact) mass is 306 g/mol. The van der Waals surface area contributed by atoms with Crippen molar-refractivity contribution < 1.29 is 28.6 Å². The van der Waals surface area contributed by atoms with E-state index in [1.54, 1.807) is 19.1 Å². The lowest BCUT2D eigenvalue weighted by molar-refractivity contribution is -0.158. The first kappa shape index (κ1) is 17.4. The molecule has 1 atom stereocenters. The van der Waals surface area contributed by atoms with Crippen LogP contribution in [0.4, 0.5) is 0 Å². The van der Waals surface area contributed by atoms with Crippen molar-refractivity contribution in [2.75, 3.05) is 6.61 Å². The van der Waals surface area contributed by atoms with Crippen LogP contribution in [0.2, 0.25) is 0 Å². The summed E-state index contributed by atoms with van der Waals surface area (Å²) in [6.45, 7) is 8.36. The van der Waals surface area contributed by atoms with E-state index in [2.05, 4.69) is 6.58 Å². The third-order valence-electron chi connectivity index (χ3n) is 2.60. The SMILES string of the molecule is C=C(C)C(=O)OC(C)C(=O)Oc1c(C=O)cccc1OCC. The Morgan fingerprint density at radius 1 is 1.36 bits per heavy atom. The van der Waals surface area contributed by atoms with E-state index < -0.39 is 18.0 Å². The number of ether oxygens (including phenoxy) is 3. The van der Waals surface area contributed by atoms with Crippen LogP contribution in [0.15, 0.2) is 30.4 Å². The quantitative estimate of drug-likeness (QED) is 0.333. The van der Waals surface area contributed by atoms with Gasteiger partial charge in [-0.15, -0.1) is 0 Å². The van der Waals surface area contributed by atoms with Gasteiger partial charge in [0.1, 0.15) is 0 Å². The lowest BCUT2D eigenvalue weighted by Gasteiger charge is -2.15. The normalized spacial score (nSPS) is 11.2. The number of benzene rings is 1. The van der Waals surface area contributed by atoms with Crippen LogP contribution in [-0.4, -0.2) is 30.9 Å². The van der Waals surface area contributed by atoms with Crippen molar-refractivity contribution in [1.29, 1.82) is 0 Å². The first-order chi connectivity index (χ1) is 10.4. The number of carbonyl (C=O) groups is 3. The van der Waals surface area contributed by atoms with Crippen LogP contribution in [-0.2, 0) is 14.3 Å². The molecule has 1 unspecified atom stereocenters. The third kappa shape index (κ3) is 4.44. The number of esters is 2. The molecule has 0 saturated carbocycles. The second kappa shape index (κ2) is 7.97. The van der Waals surface area contributed by atoms with Crippen LogP contribution in [0.5, 0.6) is 11.5 Å². The number of rotatable bonds is 7. The van der Waals surface area contributed by atoms with Gasteiger partial charge in [-0.3, -0.25) is 4.79 Å². The smallest absolute Gasteiger partial charge is 0.352 e. The molecular weight excluding hydrogens is 288 g/mol. The van der Waals surface area contributed by atoms with Crippen molar-refractivity contribution in [3.05, 3.63) is 35.9 Å². The van der Waals surface area contributed by atoms with E-state index in [1.807, 2.05) is 0 Å². The lowest BCUT2D eigenvalue weighted by Crippen LogP contribution is -2.29. The maximum Gasteiger partial charge on any atom is 0.352 e. The molecule has 0 aliphatic carbocycles. The second-order valence-corrected chi connectivity index (χ2v) is 4.47. The first-order valence-corrected chi connectivity index (χ1v) is 6.69. The van der Waals surface area contributed by atoms with Crippen molar-refractivity contribution in [3.8, 4) is 11.5 Å². The fourth-order valence-electron chi connectivity index (χ4n) is 1.50. The molecule has 0 fully saturated rings. The molecule has 0 spiro atoms. The van der Waals surface area contributed by atoms with E-state index in [1.165, 1.54) is 19.9 Å². The van der Waals surface area contributed by atoms with E-state index in [0.29, 0.717) is 12.9 Å². The van der Waals surface area contributed by atoms with Crippen LogP contribution in [0, 0.1) is 0 Å². The zero-order chi connectivity index (χ0) is 16.7. The van der Waals surface area contributed by atoms with E-state index in [-0.39, 0.29) is 22.6 Å². The molecule has 0 saturated heterocycles. The Balaban J connectivity index is 2.93.